The quantitative estimate of drug-likeness (QED) is 0.0262. The fraction of sp³-hybridized carbons (Fsp3) is 0.583. The van der Waals surface area contributed by atoms with Crippen LogP contribution in [0.3, 0.4) is 0 Å². The second-order valence-corrected chi connectivity index (χ2v) is 16.7. The smallest absolute Gasteiger partial charge is 0.306 e. The van der Waals surface area contributed by atoms with Crippen LogP contribution in [0.5, 0.6) is 0 Å². The van der Waals surface area contributed by atoms with Crippen molar-refractivity contribution in [2.75, 3.05) is 13.2 Å². The Morgan fingerprint density at radius 2 is 0.636 bits per heavy atom. The van der Waals surface area contributed by atoms with E-state index in [0.29, 0.717) is 19.3 Å². The molecule has 0 aliphatic rings. The van der Waals surface area contributed by atoms with Crippen molar-refractivity contribution in [3.63, 3.8) is 0 Å². The summed E-state index contributed by atoms with van der Waals surface area (Å²) in [6.07, 6.45) is 74.5. The lowest BCUT2D eigenvalue weighted by Crippen LogP contribution is -2.30. The van der Waals surface area contributed by atoms with Gasteiger partial charge in [-0.3, -0.25) is 14.4 Å². The molecule has 6 heteroatoms. The van der Waals surface area contributed by atoms with Gasteiger partial charge >= 0.3 is 17.9 Å². The molecular weight excluding hydrogens is 817 g/mol. The highest BCUT2D eigenvalue weighted by atomic mass is 16.6. The summed E-state index contributed by atoms with van der Waals surface area (Å²) < 4.78 is 16.7. The summed E-state index contributed by atoms with van der Waals surface area (Å²) >= 11 is 0. The molecular formula is C60H94O6. The van der Waals surface area contributed by atoms with Gasteiger partial charge in [0.1, 0.15) is 13.2 Å². The van der Waals surface area contributed by atoms with Crippen LogP contribution < -0.4 is 0 Å². The monoisotopic (exact) mass is 911 g/mol. The number of allylic oxidation sites excluding steroid dienone is 22. The van der Waals surface area contributed by atoms with Crippen molar-refractivity contribution >= 4 is 17.9 Å². The van der Waals surface area contributed by atoms with Crippen molar-refractivity contribution in [3.8, 4) is 0 Å². The summed E-state index contributed by atoms with van der Waals surface area (Å²) in [5, 5.41) is 0. The van der Waals surface area contributed by atoms with E-state index in [2.05, 4.69) is 142 Å². The molecule has 0 radical (unpaired) electrons. The fourth-order valence-corrected chi connectivity index (χ4v) is 6.52. The highest BCUT2D eigenvalue weighted by molar-refractivity contribution is 5.71. The number of carbonyl (C=O) groups excluding carboxylic acids is 3. The van der Waals surface area contributed by atoms with Gasteiger partial charge in [0.05, 0.1) is 0 Å². The number of esters is 3. The van der Waals surface area contributed by atoms with Crippen molar-refractivity contribution in [3.05, 3.63) is 134 Å². The summed E-state index contributed by atoms with van der Waals surface area (Å²) in [5.74, 6) is -1.09. The number of carbonyl (C=O) groups is 3. The van der Waals surface area contributed by atoms with Crippen LogP contribution in [0.1, 0.15) is 207 Å². The molecule has 1 unspecified atom stereocenters. The van der Waals surface area contributed by atoms with Crippen LogP contribution in [0.15, 0.2) is 134 Å². The van der Waals surface area contributed by atoms with Crippen LogP contribution in [0.4, 0.5) is 0 Å². The van der Waals surface area contributed by atoms with Gasteiger partial charge < -0.3 is 14.2 Å². The molecule has 0 rings (SSSR count). The normalized spacial score (nSPS) is 13.2. The van der Waals surface area contributed by atoms with Crippen LogP contribution in [-0.2, 0) is 28.6 Å². The first-order valence-electron chi connectivity index (χ1n) is 26.2. The second-order valence-electron chi connectivity index (χ2n) is 16.7. The number of rotatable bonds is 45. The molecule has 0 spiro atoms. The highest BCUT2D eigenvalue weighted by Gasteiger charge is 2.19. The van der Waals surface area contributed by atoms with E-state index in [1.165, 1.54) is 64.2 Å². The van der Waals surface area contributed by atoms with Crippen molar-refractivity contribution < 1.29 is 28.6 Å². The van der Waals surface area contributed by atoms with Crippen molar-refractivity contribution in [2.24, 2.45) is 0 Å². The summed E-state index contributed by atoms with van der Waals surface area (Å²) in [5.41, 5.74) is 0. The van der Waals surface area contributed by atoms with E-state index in [1.54, 1.807) is 0 Å². The highest BCUT2D eigenvalue weighted by Crippen LogP contribution is 2.12. The molecule has 66 heavy (non-hydrogen) atoms. The first kappa shape index (κ1) is 61.5. The van der Waals surface area contributed by atoms with Gasteiger partial charge in [-0.2, -0.15) is 0 Å². The number of unbranched alkanes of at least 4 members (excludes halogenated alkanes) is 12. The Labute approximate surface area is 405 Å². The zero-order valence-corrected chi connectivity index (χ0v) is 42.1. The molecule has 0 saturated carbocycles. The third kappa shape index (κ3) is 50.5. The molecule has 0 aromatic rings. The van der Waals surface area contributed by atoms with Gasteiger partial charge in [0.25, 0.3) is 0 Å². The molecule has 0 fully saturated rings. The molecule has 0 aliphatic heterocycles. The van der Waals surface area contributed by atoms with E-state index in [-0.39, 0.29) is 38.0 Å². The predicted molar refractivity (Wildman–Crippen MR) is 283 cm³/mol. The first-order valence-corrected chi connectivity index (χ1v) is 26.2. The van der Waals surface area contributed by atoms with E-state index >= 15 is 0 Å². The van der Waals surface area contributed by atoms with E-state index in [4.69, 9.17) is 14.2 Å². The Morgan fingerprint density at radius 1 is 0.318 bits per heavy atom. The van der Waals surface area contributed by atoms with Crippen molar-refractivity contribution in [1.82, 2.24) is 0 Å². The molecule has 0 bridgehead atoms. The molecule has 0 amide bonds. The maximum Gasteiger partial charge on any atom is 0.306 e. The van der Waals surface area contributed by atoms with Crippen molar-refractivity contribution in [2.45, 2.75) is 213 Å². The molecule has 1 atom stereocenters. The average molecular weight is 911 g/mol. The minimum atomic E-state index is -0.847. The van der Waals surface area contributed by atoms with Gasteiger partial charge in [-0.25, -0.2) is 0 Å². The molecule has 0 saturated heterocycles. The molecule has 0 N–H and O–H groups in total. The van der Waals surface area contributed by atoms with Crippen LogP contribution in [-0.4, -0.2) is 37.2 Å². The minimum Gasteiger partial charge on any atom is -0.462 e. The lowest BCUT2D eigenvalue weighted by Gasteiger charge is -2.18. The SMILES string of the molecule is CC/C=C\C/C=C\C/C=C\C/C=C\C/C=C\CCCC(=O)OCC(COC(=O)CCCCCCCCC/C=C\CCCCCC)OC(=O)CC/C=C\C/C=C\C/C=C\C/C=C\C/C=C\CC. The Balaban J connectivity index is 4.62. The van der Waals surface area contributed by atoms with E-state index in [1.807, 2.05) is 12.2 Å². The summed E-state index contributed by atoms with van der Waals surface area (Å²) in [4.78, 5) is 38.0. The molecule has 6 nitrogen and oxygen atoms in total. The zero-order chi connectivity index (χ0) is 47.9. The fourth-order valence-electron chi connectivity index (χ4n) is 6.52. The Bertz CT molecular complexity index is 1460. The van der Waals surface area contributed by atoms with E-state index in [0.717, 1.165) is 89.9 Å². The molecule has 0 aromatic heterocycles. The second kappa shape index (κ2) is 53.2. The Hall–Kier alpha value is -4.45. The van der Waals surface area contributed by atoms with Crippen LogP contribution in [0, 0.1) is 0 Å². The molecule has 0 heterocycles. The van der Waals surface area contributed by atoms with Gasteiger partial charge in [0, 0.05) is 19.3 Å². The van der Waals surface area contributed by atoms with Gasteiger partial charge in [-0.05, 0) is 116 Å². The number of hydrogen-bond acceptors (Lipinski definition) is 6. The van der Waals surface area contributed by atoms with E-state index < -0.39 is 12.1 Å². The van der Waals surface area contributed by atoms with Gasteiger partial charge in [0.2, 0.25) is 0 Å². The van der Waals surface area contributed by atoms with Crippen LogP contribution in [0.25, 0.3) is 0 Å². The molecule has 0 aliphatic carbocycles. The Morgan fingerprint density at radius 3 is 1.06 bits per heavy atom. The zero-order valence-electron chi connectivity index (χ0n) is 42.1. The van der Waals surface area contributed by atoms with Gasteiger partial charge in [0.15, 0.2) is 6.10 Å². The average Bonchev–Trinajstić information content (AvgIpc) is 3.31. The Kier molecular flexibility index (Phi) is 49.6. The summed E-state index contributed by atoms with van der Waals surface area (Å²) in [6.45, 7) is 6.26. The maximum atomic E-state index is 12.8. The largest absolute Gasteiger partial charge is 0.462 e. The van der Waals surface area contributed by atoms with Crippen LogP contribution >= 0.6 is 0 Å². The third-order valence-corrected chi connectivity index (χ3v) is 10.4. The first-order chi connectivity index (χ1) is 32.5. The minimum absolute atomic E-state index is 0.132. The van der Waals surface area contributed by atoms with Gasteiger partial charge in [-0.15, -0.1) is 0 Å². The van der Waals surface area contributed by atoms with E-state index in [9.17, 15) is 14.4 Å². The predicted octanol–water partition coefficient (Wildman–Crippen LogP) is 17.5. The molecule has 370 valence electrons. The van der Waals surface area contributed by atoms with Gasteiger partial charge in [-0.1, -0.05) is 206 Å². The summed E-state index contributed by atoms with van der Waals surface area (Å²) in [7, 11) is 0. The number of hydrogen-bond donors (Lipinski definition) is 0. The topological polar surface area (TPSA) is 78.9 Å². The van der Waals surface area contributed by atoms with Crippen LogP contribution in [0.2, 0.25) is 0 Å². The van der Waals surface area contributed by atoms with Crippen molar-refractivity contribution in [1.29, 1.82) is 0 Å². The molecule has 0 aromatic carbocycles. The third-order valence-electron chi connectivity index (χ3n) is 10.4. The number of ether oxygens (including phenoxy) is 3. The lowest BCUT2D eigenvalue weighted by molar-refractivity contribution is -0.166. The maximum absolute atomic E-state index is 12.8. The standard InChI is InChI=1S/C60H94O6/c1-4-7-10-13-16-19-22-25-28-30-33-35-38-41-44-47-50-53-59(62)65-56-57(55-64-58(61)52-49-46-43-40-37-34-31-27-24-21-18-15-12-9-6-3)66-60(63)54-51-48-45-42-39-36-32-29-26-23-20-17-14-11-8-5-2/h7-8,10-11,16-17,19-21,24-26,28-29,33,35-36,39,41,44-45,48,57H,4-6,9,12-15,18,22-23,27,30-32,34,37-38,40,42-43,46-47,49-56H2,1-3H3/b10-7-,11-8-,19-16-,20-17-,24-21-,28-25-,29-26-,35-33-,39-36-,44-41-,48-45-. The lowest BCUT2D eigenvalue weighted by atomic mass is 10.1. The summed E-state index contributed by atoms with van der Waals surface area (Å²) in [6, 6.07) is 0.